The van der Waals surface area contributed by atoms with Crippen molar-refractivity contribution < 1.29 is 18.8 Å². The summed E-state index contributed by atoms with van der Waals surface area (Å²) in [6.07, 6.45) is 4.17. The van der Waals surface area contributed by atoms with Crippen molar-refractivity contribution in [2.45, 2.75) is 4.90 Å². The summed E-state index contributed by atoms with van der Waals surface area (Å²) >= 11 is -1.34. The summed E-state index contributed by atoms with van der Waals surface area (Å²) in [6.45, 7) is 4.39. The van der Waals surface area contributed by atoms with E-state index < -0.39 is 11.2 Å². The van der Waals surface area contributed by atoms with Gasteiger partial charge in [0.05, 0.1) is 12.8 Å². The van der Waals surface area contributed by atoms with E-state index in [0.29, 0.717) is 47.3 Å². The molecule has 2 aromatic heterocycles. The van der Waals surface area contributed by atoms with E-state index in [9.17, 15) is 9.35 Å². The predicted octanol–water partition coefficient (Wildman–Crippen LogP) is 3.25. The molecule has 0 fully saturated rings. The minimum atomic E-state index is -1.34. The van der Waals surface area contributed by atoms with Gasteiger partial charge in [-0.1, -0.05) is 12.6 Å². The molecule has 11 heteroatoms. The number of carbonyl (C=O) groups is 1. The lowest BCUT2D eigenvalue weighted by atomic mass is 10.3. The Morgan fingerprint density at radius 2 is 1.88 bits per heavy atom. The second-order valence-electron chi connectivity index (χ2n) is 6.58. The summed E-state index contributed by atoms with van der Waals surface area (Å²) in [5.74, 6) is 1.71. The molecule has 2 heterocycles. The number of hydrogen-bond acceptors (Lipinski definition) is 9. The van der Waals surface area contributed by atoms with Gasteiger partial charge in [-0.15, -0.1) is 0 Å². The van der Waals surface area contributed by atoms with Gasteiger partial charge < -0.3 is 30.0 Å². The van der Waals surface area contributed by atoms with Crippen LogP contribution in [0.25, 0.3) is 0 Å². The van der Waals surface area contributed by atoms with Crippen molar-refractivity contribution in [3.63, 3.8) is 0 Å². The monoisotopic (exact) mass is 468 g/mol. The number of rotatable bonds is 11. The molecule has 0 aliphatic heterocycles. The summed E-state index contributed by atoms with van der Waals surface area (Å²) in [5.41, 5.74) is 0.748. The Hall–Kier alpha value is -3.67. The first-order chi connectivity index (χ1) is 16.0. The maximum absolute atomic E-state index is 12.2. The van der Waals surface area contributed by atoms with Crippen LogP contribution in [0.2, 0.25) is 0 Å². The van der Waals surface area contributed by atoms with Crippen LogP contribution >= 0.6 is 0 Å². The van der Waals surface area contributed by atoms with Crippen molar-refractivity contribution in [2.75, 3.05) is 42.5 Å². The first-order valence-corrected chi connectivity index (χ1v) is 11.4. The fraction of sp³-hybridized carbons (Fsp3) is 0.182. The van der Waals surface area contributed by atoms with Gasteiger partial charge in [0.15, 0.2) is 5.82 Å². The van der Waals surface area contributed by atoms with E-state index in [0.717, 1.165) is 11.8 Å². The highest BCUT2D eigenvalue weighted by molar-refractivity contribution is 7.90. The summed E-state index contributed by atoms with van der Waals surface area (Å²) in [4.78, 5) is 25.0. The molecular formula is C22H24N6O4S. The highest BCUT2D eigenvalue weighted by Gasteiger charge is 2.17. The quantitative estimate of drug-likeness (QED) is 0.220. The minimum absolute atomic E-state index is 0.302. The summed E-state index contributed by atoms with van der Waals surface area (Å²) < 4.78 is 22.7. The molecule has 3 rings (SSSR count). The summed E-state index contributed by atoms with van der Waals surface area (Å²) in [7, 11) is 1.62. The molecular weight excluding hydrogens is 444 g/mol. The van der Waals surface area contributed by atoms with Crippen LogP contribution in [-0.2, 0) is 20.7 Å². The number of amides is 1. The van der Waals surface area contributed by atoms with Crippen molar-refractivity contribution >= 4 is 46.2 Å². The second-order valence-corrected chi connectivity index (χ2v) is 7.93. The average molecular weight is 469 g/mol. The third kappa shape index (κ3) is 7.17. The fourth-order valence-corrected chi connectivity index (χ4v) is 3.18. The van der Waals surface area contributed by atoms with Gasteiger partial charge in [0.1, 0.15) is 30.2 Å². The number of hydrogen-bond donors (Lipinski definition) is 3. The molecule has 0 saturated heterocycles. The summed E-state index contributed by atoms with van der Waals surface area (Å²) in [5, 5.41) is 8.74. The number of nitrogens with zero attached hydrogens (tertiary/aromatic N) is 3. The first-order valence-electron chi connectivity index (χ1n) is 9.85. The average Bonchev–Trinajstić information content (AvgIpc) is 2.80. The van der Waals surface area contributed by atoms with Gasteiger partial charge in [-0.25, -0.2) is 9.97 Å². The van der Waals surface area contributed by atoms with Crippen LogP contribution < -0.4 is 20.7 Å². The molecule has 1 atom stereocenters. The van der Waals surface area contributed by atoms with Crippen LogP contribution in [0.1, 0.15) is 0 Å². The number of pyridine rings is 1. The molecule has 0 aliphatic rings. The van der Waals surface area contributed by atoms with Crippen molar-refractivity contribution in [2.24, 2.45) is 0 Å². The lowest BCUT2D eigenvalue weighted by Crippen LogP contribution is -2.11. The highest BCUT2D eigenvalue weighted by Crippen LogP contribution is 2.25. The van der Waals surface area contributed by atoms with Crippen LogP contribution in [-0.4, -0.2) is 52.0 Å². The van der Waals surface area contributed by atoms with E-state index in [-0.39, 0.29) is 5.91 Å². The lowest BCUT2D eigenvalue weighted by Gasteiger charge is -2.13. The highest BCUT2D eigenvalue weighted by atomic mass is 32.2. The van der Waals surface area contributed by atoms with Gasteiger partial charge in [-0.2, -0.15) is 4.98 Å². The van der Waals surface area contributed by atoms with Crippen molar-refractivity contribution in [3.8, 4) is 5.75 Å². The van der Waals surface area contributed by atoms with Crippen molar-refractivity contribution in [1.29, 1.82) is 0 Å². The molecule has 0 bridgehead atoms. The summed E-state index contributed by atoms with van der Waals surface area (Å²) in [6, 6.07) is 12.4. The van der Waals surface area contributed by atoms with Crippen LogP contribution in [0, 0.1) is 0 Å². The molecule has 10 nitrogen and oxygen atoms in total. The topological polar surface area (TPSA) is 133 Å². The number of ether oxygens (including phenoxy) is 2. The first kappa shape index (κ1) is 24.0. The van der Waals surface area contributed by atoms with E-state index >= 15 is 0 Å². The van der Waals surface area contributed by atoms with Crippen molar-refractivity contribution in [1.82, 2.24) is 15.0 Å². The zero-order chi connectivity index (χ0) is 23.6. The molecule has 1 unspecified atom stereocenters. The second kappa shape index (κ2) is 11.8. The van der Waals surface area contributed by atoms with E-state index in [1.807, 2.05) is 24.3 Å². The largest absolute Gasteiger partial charge is 0.612 e. The number of anilines is 5. The molecule has 1 aromatic carbocycles. The van der Waals surface area contributed by atoms with Crippen molar-refractivity contribution in [3.05, 3.63) is 61.3 Å². The Balaban J connectivity index is 1.76. The number of benzene rings is 1. The van der Waals surface area contributed by atoms with Crippen LogP contribution in [0.4, 0.5) is 29.1 Å². The molecule has 33 heavy (non-hydrogen) atoms. The van der Waals surface area contributed by atoms with Gasteiger partial charge in [0.25, 0.3) is 0 Å². The van der Waals surface area contributed by atoms with E-state index in [1.54, 1.807) is 25.3 Å². The van der Waals surface area contributed by atoms with E-state index in [2.05, 4.69) is 37.5 Å². The molecule has 0 spiro atoms. The van der Waals surface area contributed by atoms with E-state index in [4.69, 9.17) is 9.47 Å². The fourth-order valence-electron chi connectivity index (χ4n) is 2.61. The Morgan fingerprint density at radius 3 is 2.58 bits per heavy atom. The number of aromatic nitrogens is 3. The maximum Gasteiger partial charge on any atom is 0.248 e. The van der Waals surface area contributed by atoms with Crippen LogP contribution in [0.5, 0.6) is 5.75 Å². The zero-order valence-corrected chi connectivity index (χ0v) is 19.0. The van der Waals surface area contributed by atoms with Gasteiger partial charge in [-0.05, 0) is 53.7 Å². The minimum Gasteiger partial charge on any atom is -0.612 e. The van der Waals surface area contributed by atoms with Gasteiger partial charge in [-0.3, -0.25) is 4.79 Å². The SMILES string of the molecule is C=CC(=O)Nc1cccc(Nc2nc(Nc3ccc(OCCOC)cc3)ncc2[S+](C)[O-])n1. The van der Waals surface area contributed by atoms with Crippen LogP contribution in [0.3, 0.4) is 0 Å². The third-order valence-corrected chi connectivity index (χ3v) is 5.08. The molecule has 172 valence electrons. The molecule has 0 aliphatic carbocycles. The van der Waals surface area contributed by atoms with Gasteiger partial charge in [0, 0.05) is 12.8 Å². The molecule has 0 radical (unpaired) electrons. The zero-order valence-electron chi connectivity index (χ0n) is 18.2. The molecule has 3 aromatic rings. The Kier molecular flexibility index (Phi) is 8.58. The predicted molar refractivity (Wildman–Crippen MR) is 128 cm³/mol. The van der Waals surface area contributed by atoms with E-state index in [1.165, 1.54) is 12.5 Å². The normalized spacial score (nSPS) is 11.4. The third-order valence-electron chi connectivity index (χ3n) is 4.16. The van der Waals surface area contributed by atoms with Crippen LogP contribution in [0.15, 0.2) is 66.2 Å². The Bertz CT molecular complexity index is 1090. The molecule has 0 saturated carbocycles. The Labute approximate surface area is 194 Å². The van der Waals surface area contributed by atoms with Gasteiger partial charge in [0.2, 0.25) is 16.8 Å². The number of carbonyl (C=O) groups excluding carboxylic acids is 1. The Morgan fingerprint density at radius 1 is 1.12 bits per heavy atom. The lowest BCUT2D eigenvalue weighted by molar-refractivity contribution is -0.111. The molecule has 1 amide bonds. The standard InChI is InChI=1S/C22H24N6O4S/c1-4-20(29)26-18-6-5-7-19(25-18)27-21-17(33(3)30)14-23-22(28-21)24-15-8-10-16(11-9-15)32-13-12-31-2/h4-11,14H,1,12-13H2,2-3H3,(H3,23,24,25,26,27,28,29). The number of nitrogens with one attached hydrogen (secondary N) is 3. The van der Waals surface area contributed by atoms with Gasteiger partial charge >= 0.3 is 0 Å². The smallest absolute Gasteiger partial charge is 0.248 e. The number of methoxy groups -OCH3 is 1. The molecule has 3 N–H and O–H groups in total. The maximum atomic E-state index is 12.2.